The summed E-state index contributed by atoms with van der Waals surface area (Å²) in [5.41, 5.74) is 3.41. The standard InChI is InChI=1S/C21H20N2O3/c24-21(15-10-14-4-1-2-6-19(14)25-12-15)22-16-7-8-18-20(11-16)26-13-17-5-3-9-23(17)18/h1-2,4,6-8,10-11,17H,3,5,9,12-13H2,(H,22,24). The van der Waals surface area contributed by atoms with Gasteiger partial charge in [0.2, 0.25) is 0 Å². The lowest BCUT2D eigenvalue weighted by atomic mass is 10.1. The van der Waals surface area contributed by atoms with E-state index in [0.29, 0.717) is 11.6 Å². The molecule has 0 radical (unpaired) electrons. The van der Waals surface area contributed by atoms with Crippen LogP contribution >= 0.6 is 0 Å². The molecule has 1 fully saturated rings. The van der Waals surface area contributed by atoms with Crippen molar-refractivity contribution >= 4 is 23.4 Å². The van der Waals surface area contributed by atoms with Crippen molar-refractivity contribution < 1.29 is 14.3 Å². The van der Waals surface area contributed by atoms with Crippen LogP contribution in [0.15, 0.2) is 48.0 Å². The highest BCUT2D eigenvalue weighted by Crippen LogP contribution is 2.39. The largest absolute Gasteiger partial charge is 0.489 e. The summed E-state index contributed by atoms with van der Waals surface area (Å²) in [5, 5.41) is 2.97. The normalized spacial score (nSPS) is 20.1. The summed E-state index contributed by atoms with van der Waals surface area (Å²) in [6, 6.07) is 14.1. The Morgan fingerprint density at radius 3 is 3.00 bits per heavy atom. The molecule has 5 nitrogen and oxygen atoms in total. The number of hydrogen-bond acceptors (Lipinski definition) is 4. The van der Waals surface area contributed by atoms with Gasteiger partial charge in [-0.15, -0.1) is 0 Å². The molecule has 0 aliphatic carbocycles. The van der Waals surface area contributed by atoms with Gasteiger partial charge in [0.25, 0.3) is 5.91 Å². The molecule has 2 aromatic carbocycles. The molecule has 1 amide bonds. The Kier molecular flexibility index (Phi) is 3.59. The Labute approximate surface area is 152 Å². The van der Waals surface area contributed by atoms with Gasteiger partial charge in [-0.1, -0.05) is 18.2 Å². The van der Waals surface area contributed by atoms with E-state index < -0.39 is 0 Å². The number of nitrogens with zero attached hydrogens (tertiary/aromatic N) is 1. The Balaban J connectivity index is 1.36. The Morgan fingerprint density at radius 1 is 1.12 bits per heavy atom. The molecule has 0 bridgehead atoms. The van der Waals surface area contributed by atoms with Crippen LogP contribution in [0.1, 0.15) is 18.4 Å². The summed E-state index contributed by atoms with van der Waals surface area (Å²) in [5.74, 6) is 1.51. The van der Waals surface area contributed by atoms with Crippen LogP contribution in [-0.4, -0.2) is 31.7 Å². The van der Waals surface area contributed by atoms with Crippen LogP contribution in [0.4, 0.5) is 11.4 Å². The minimum atomic E-state index is -0.144. The maximum atomic E-state index is 12.6. The summed E-state index contributed by atoms with van der Waals surface area (Å²) in [7, 11) is 0. The number of benzene rings is 2. The molecule has 0 saturated carbocycles. The van der Waals surface area contributed by atoms with E-state index in [1.54, 1.807) is 0 Å². The van der Waals surface area contributed by atoms with Gasteiger partial charge in [0.05, 0.1) is 17.3 Å². The molecule has 2 aromatic rings. The molecule has 3 heterocycles. The van der Waals surface area contributed by atoms with E-state index in [1.165, 1.54) is 12.8 Å². The maximum Gasteiger partial charge on any atom is 0.255 e. The summed E-state index contributed by atoms with van der Waals surface area (Å²) in [6.07, 6.45) is 4.28. The number of nitrogens with one attached hydrogen (secondary N) is 1. The molecule has 3 aliphatic heterocycles. The smallest absolute Gasteiger partial charge is 0.255 e. The third-order valence-corrected chi connectivity index (χ3v) is 5.26. The van der Waals surface area contributed by atoms with Gasteiger partial charge in [-0.3, -0.25) is 4.79 Å². The van der Waals surface area contributed by atoms with E-state index in [2.05, 4.69) is 10.2 Å². The minimum absolute atomic E-state index is 0.144. The molecule has 1 atom stereocenters. The zero-order chi connectivity index (χ0) is 17.5. The van der Waals surface area contributed by atoms with Gasteiger partial charge in [-0.05, 0) is 37.1 Å². The molecule has 0 aromatic heterocycles. The SMILES string of the molecule is O=C(Nc1ccc2c(c1)OCC1CCCN21)C1=Cc2ccccc2OC1. The first-order chi connectivity index (χ1) is 12.8. The summed E-state index contributed by atoms with van der Waals surface area (Å²) >= 11 is 0. The lowest BCUT2D eigenvalue weighted by Gasteiger charge is -2.33. The average molecular weight is 348 g/mol. The molecule has 1 N–H and O–H groups in total. The molecule has 0 spiro atoms. The van der Waals surface area contributed by atoms with Gasteiger partial charge in [0.1, 0.15) is 24.7 Å². The van der Waals surface area contributed by atoms with E-state index in [9.17, 15) is 4.79 Å². The fraction of sp³-hybridized carbons (Fsp3) is 0.286. The second kappa shape index (κ2) is 6.09. The Hall–Kier alpha value is -2.95. The van der Waals surface area contributed by atoms with Crippen molar-refractivity contribution in [1.29, 1.82) is 0 Å². The van der Waals surface area contributed by atoms with Gasteiger partial charge >= 0.3 is 0 Å². The quantitative estimate of drug-likeness (QED) is 0.903. The second-order valence-corrected chi connectivity index (χ2v) is 6.93. The highest BCUT2D eigenvalue weighted by molar-refractivity contribution is 6.07. The fourth-order valence-electron chi connectivity index (χ4n) is 3.92. The van der Waals surface area contributed by atoms with Crippen molar-refractivity contribution in [3.05, 3.63) is 53.6 Å². The van der Waals surface area contributed by atoms with E-state index in [-0.39, 0.29) is 12.5 Å². The van der Waals surface area contributed by atoms with E-state index in [1.807, 2.05) is 48.5 Å². The summed E-state index contributed by atoms with van der Waals surface area (Å²) in [4.78, 5) is 15.0. The van der Waals surface area contributed by atoms with Crippen molar-refractivity contribution in [1.82, 2.24) is 0 Å². The first-order valence-electron chi connectivity index (χ1n) is 9.05. The van der Waals surface area contributed by atoms with Crippen LogP contribution in [0.3, 0.4) is 0 Å². The van der Waals surface area contributed by atoms with Gasteiger partial charge < -0.3 is 19.7 Å². The van der Waals surface area contributed by atoms with Crippen LogP contribution in [0, 0.1) is 0 Å². The van der Waals surface area contributed by atoms with Crippen molar-refractivity contribution in [2.24, 2.45) is 0 Å². The molecule has 132 valence electrons. The van der Waals surface area contributed by atoms with Gasteiger partial charge in [0, 0.05) is 23.9 Å². The number of fused-ring (bicyclic) bond motifs is 4. The molecule has 5 heteroatoms. The fourth-order valence-corrected chi connectivity index (χ4v) is 3.92. The first-order valence-corrected chi connectivity index (χ1v) is 9.05. The second-order valence-electron chi connectivity index (χ2n) is 6.93. The number of rotatable bonds is 2. The number of anilines is 2. The molecule has 5 rings (SSSR count). The van der Waals surface area contributed by atoms with Crippen molar-refractivity contribution in [3.63, 3.8) is 0 Å². The molecule has 1 saturated heterocycles. The van der Waals surface area contributed by atoms with Crippen LogP contribution < -0.4 is 19.7 Å². The zero-order valence-electron chi connectivity index (χ0n) is 14.4. The maximum absolute atomic E-state index is 12.6. The first kappa shape index (κ1) is 15.3. The molecular formula is C21H20N2O3. The monoisotopic (exact) mass is 348 g/mol. The van der Waals surface area contributed by atoms with E-state index in [4.69, 9.17) is 9.47 Å². The predicted octanol–water partition coefficient (Wildman–Crippen LogP) is 3.46. The molecule has 3 aliphatic rings. The molecular weight excluding hydrogens is 328 g/mol. The third-order valence-electron chi connectivity index (χ3n) is 5.26. The van der Waals surface area contributed by atoms with Crippen LogP contribution in [0.25, 0.3) is 6.08 Å². The van der Waals surface area contributed by atoms with Crippen LogP contribution in [0.5, 0.6) is 11.5 Å². The highest BCUT2D eigenvalue weighted by atomic mass is 16.5. The van der Waals surface area contributed by atoms with Crippen molar-refractivity contribution in [3.8, 4) is 11.5 Å². The Bertz CT molecular complexity index is 906. The lowest BCUT2D eigenvalue weighted by Crippen LogP contribution is -2.38. The minimum Gasteiger partial charge on any atom is -0.489 e. The zero-order valence-corrected chi connectivity index (χ0v) is 14.4. The van der Waals surface area contributed by atoms with Crippen LogP contribution in [0.2, 0.25) is 0 Å². The van der Waals surface area contributed by atoms with E-state index in [0.717, 1.165) is 41.6 Å². The van der Waals surface area contributed by atoms with E-state index >= 15 is 0 Å². The average Bonchev–Trinajstić information content (AvgIpc) is 3.16. The summed E-state index contributed by atoms with van der Waals surface area (Å²) < 4.78 is 11.6. The number of para-hydroxylation sites is 1. The van der Waals surface area contributed by atoms with Crippen LogP contribution in [-0.2, 0) is 4.79 Å². The van der Waals surface area contributed by atoms with Gasteiger partial charge in [-0.2, -0.15) is 0 Å². The lowest BCUT2D eigenvalue weighted by molar-refractivity contribution is -0.113. The molecule has 26 heavy (non-hydrogen) atoms. The number of hydrogen-bond donors (Lipinski definition) is 1. The number of carbonyl (C=O) groups is 1. The van der Waals surface area contributed by atoms with Gasteiger partial charge in [-0.25, -0.2) is 0 Å². The van der Waals surface area contributed by atoms with Crippen molar-refractivity contribution in [2.75, 3.05) is 30.0 Å². The topological polar surface area (TPSA) is 50.8 Å². The number of amides is 1. The van der Waals surface area contributed by atoms with Gasteiger partial charge in [0.15, 0.2) is 0 Å². The third kappa shape index (κ3) is 2.60. The summed E-state index contributed by atoms with van der Waals surface area (Å²) in [6.45, 7) is 2.08. The Morgan fingerprint density at radius 2 is 2.04 bits per heavy atom. The molecule has 1 unspecified atom stereocenters. The van der Waals surface area contributed by atoms with Crippen molar-refractivity contribution in [2.45, 2.75) is 18.9 Å². The highest BCUT2D eigenvalue weighted by Gasteiger charge is 2.31. The predicted molar refractivity (Wildman–Crippen MR) is 101 cm³/mol. The number of ether oxygens (including phenoxy) is 2. The number of carbonyl (C=O) groups excluding carboxylic acids is 1.